The SMILES string of the molecule is CNc1cc(NC)n(NC)c1. The highest BCUT2D eigenvalue weighted by Gasteiger charge is 1.99. The van der Waals surface area contributed by atoms with Crippen LogP contribution >= 0.6 is 0 Å². The second kappa shape index (κ2) is 3.18. The average Bonchev–Trinajstić information content (AvgIpc) is 2.46. The van der Waals surface area contributed by atoms with Crippen molar-refractivity contribution in [2.75, 3.05) is 37.2 Å². The Hall–Kier alpha value is -1.32. The largest absolute Gasteiger partial charge is 0.387 e. The molecule has 0 aliphatic carbocycles. The predicted molar refractivity (Wildman–Crippen MR) is 48.8 cm³/mol. The van der Waals surface area contributed by atoms with Crippen molar-refractivity contribution in [3.8, 4) is 0 Å². The fraction of sp³-hybridized carbons (Fsp3) is 0.429. The van der Waals surface area contributed by atoms with Crippen molar-refractivity contribution in [1.82, 2.24) is 4.68 Å². The molecule has 0 atom stereocenters. The summed E-state index contributed by atoms with van der Waals surface area (Å²) in [4.78, 5) is 0. The number of anilines is 2. The number of nitrogens with zero attached hydrogens (tertiary/aromatic N) is 1. The highest BCUT2D eigenvalue weighted by Crippen LogP contribution is 2.15. The molecule has 0 aliphatic heterocycles. The highest BCUT2D eigenvalue weighted by molar-refractivity contribution is 5.54. The van der Waals surface area contributed by atoms with E-state index in [2.05, 4.69) is 16.1 Å². The van der Waals surface area contributed by atoms with Gasteiger partial charge < -0.3 is 16.1 Å². The van der Waals surface area contributed by atoms with Gasteiger partial charge in [0.15, 0.2) is 0 Å². The molecule has 11 heavy (non-hydrogen) atoms. The van der Waals surface area contributed by atoms with E-state index >= 15 is 0 Å². The highest BCUT2D eigenvalue weighted by atomic mass is 15.4. The summed E-state index contributed by atoms with van der Waals surface area (Å²) < 4.78 is 1.91. The molecule has 4 heteroatoms. The Morgan fingerprint density at radius 2 is 1.91 bits per heavy atom. The number of hydrogen-bond donors (Lipinski definition) is 3. The lowest BCUT2D eigenvalue weighted by atomic mass is 10.5. The summed E-state index contributed by atoms with van der Waals surface area (Å²) in [5, 5.41) is 6.12. The van der Waals surface area contributed by atoms with Crippen molar-refractivity contribution in [3.05, 3.63) is 12.3 Å². The molecule has 0 radical (unpaired) electrons. The Labute approximate surface area is 66.6 Å². The third-order valence-corrected chi connectivity index (χ3v) is 1.61. The van der Waals surface area contributed by atoms with Crippen molar-refractivity contribution in [1.29, 1.82) is 0 Å². The van der Waals surface area contributed by atoms with E-state index in [9.17, 15) is 0 Å². The maximum absolute atomic E-state index is 3.06. The van der Waals surface area contributed by atoms with Crippen LogP contribution in [0.4, 0.5) is 11.5 Å². The summed E-state index contributed by atoms with van der Waals surface area (Å²) in [7, 11) is 5.66. The quantitative estimate of drug-likeness (QED) is 0.601. The Balaban J connectivity index is 2.92. The van der Waals surface area contributed by atoms with Crippen LogP contribution < -0.4 is 16.1 Å². The second-order valence-electron chi connectivity index (χ2n) is 2.21. The first-order valence-electron chi connectivity index (χ1n) is 3.57. The minimum absolute atomic E-state index is 1.04. The van der Waals surface area contributed by atoms with Gasteiger partial charge in [0.25, 0.3) is 0 Å². The lowest BCUT2D eigenvalue weighted by Crippen LogP contribution is -2.09. The monoisotopic (exact) mass is 154 g/mol. The summed E-state index contributed by atoms with van der Waals surface area (Å²) >= 11 is 0. The molecule has 0 unspecified atom stereocenters. The van der Waals surface area contributed by atoms with Gasteiger partial charge in [-0.1, -0.05) is 0 Å². The van der Waals surface area contributed by atoms with E-state index in [1.54, 1.807) is 0 Å². The van der Waals surface area contributed by atoms with Crippen molar-refractivity contribution < 1.29 is 0 Å². The number of aromatic nitrogens is 1. The van der Waals surface area contributed by atoms with Gasteiger partial charge in [0.1, 0.15) is 5.82 Å². The molecular formula is C7H14N4. The van der Waals surface area contributed by atoms with Crippen molar-refractivity contribution >= 4 is 11.5 Å². The molecule has 0 bridgehead atoms. The molecule has 4 nitrogen and oxygen atoms in total. The Morgan fingerprint density at radius 1 is 1.18 bits per heavy atom. The Bertz CT molecular complexity index is 207. The molecule has 0 saturated carbocycles. The summed E-state index contributed by atoms with van der Waals surface area (Å²) in [6.45, 7) is 0. The number of nitrogens with one attached hydrogen (secondary N) is 3. The maximum Gasteiger partial charge on any atom is 0.126 e. The molecule has 0 fully saturated rings. The zero-order valence-electron chi connectivity index (χ0n) is 7.10. The van der Waals surface area contributed by atoms with Gasteiger partial charge >= 0.3 is 0 Å². The molecule has 3 N–H and O–H groups in total. The van der Waals surface area contributed by atoms with Crippen LogP contribution in [-0.2, 0) is 0 Å². The number of rotatable bonds is 3. The van der Waals surface area contributed by atoms with E-state index in [0.29, 0.717) is 0 Å². The summed E-state index contributed by atoms with van der Waals surface area (Å²) in [5.74, 6) is 1.04. The lowest BCUT2D eigenvalue weighted by Gasteiger charge is -2.05. The standard InChI is InChI=1S/C7H14N4/c1-8-6-4-7(9-2)11(5-6)10-3/h4-5,8-10H,1-3H3. The van der Waals surface area contributed by atoms with Gasteiger partial charge in [0.2, 0.25) is 0 Å². The van der Waals surface area contributed by atoms with E-state index in [1.165, 1.54) is 0 Å². The van der Waals surface area contributed by atoms with Gasteiger partial charge in [-0.3, -0.25) is 4.68 Å². The third-order valence-electron chi connectivity index (χ3n) is 1.61. The topological polar surface area (TPSA) is 41.0 Å². The van der Waals surface area contributed by atoms with Crippen LogP contribution in [-0.4, -0.2) is 25.8 Å². The van der Waals surface area contributed by atoms with Gasteiger partial charge in [0, 0.05) is 27.2 Å². The zero-order chi connectivity index (χ0) is 8.27. The normalized spacial score (nSPS) is 9.36. The fourth-order valence-electron chi connectivity index (χ4n) is 0.977. The van der Waals surface area contributed by atoms with E-state index < -0.39 is 0 Å². The zero-order valence-corrected chi connectivity index (χ0v) is 7.10. The van der Waals surface area contributed by atoms with Crippen LogP contribution in [0, 0.1) is 0 Å². The molecule has 0 amide bonds. The molecular weight excluding hydrogens is 140 g/mol. The Morgan fingerprint density at radius 3 is 2.27 bits per heavy atom. The van der Waals surface area contributed by atoms with Gasteiger partial charge in [-0.2, -0.15) is 0 Å². The Kier molecular flexibility index (Phi) is 2.25. The van der Waals surface area contributed by atoms with E-state index in [0.717, 1.165) is 11.5 Å². The average molecular weight is 154 g/mol. The molecule has 1 heterocycles. The minimum atomic E-state index is 1.04. The van der Waals surface area contributed by atoms with Crippen LogP contribution in [0.15, 0.2) is 12.3 Å². The second-order valence-corrected chi connectivity index (χ2v) is 2.21. The predicted octanol–water partition coefficient (Wildman–Crippen LogP) is 0.745. The first-order chi connectivity index (χ1) is 5.31. The molecule has 1 aromatic rings. The molecule has 0 saturated heterocycles. The van der Waals surface area contributed by atoms with E-state index in [1.807, 2.05) is 38.1 Å². The van der Waals surface area contributed by atoms with Crippen LogP contribution in [0.5, 0.6) is 0 Å². The number of hydrogen-bond acceptors (Lipinski definition) is 3. The van der Waals surface area contributed by atoms with Crippen molar-refractivity contribution in [2.24, 2.45) is 0 Å². The first kappa shape index (κ1) is 7.78. The van der Waals surface area contributed by atoms with Crippen LogP contribution in [0.25, 0.3) is 0 Å². The summed E-state index contributed by atoms with van der Waals surface area (Å²) in [6.07, 6.45) is 1.98. The van der Waals surface area contributed by atoms with Crippen molar-refractivity contribution in [3.63, 3.8) is 0 Å². The van der Waals surface area contributed by atoms with Crippen molar-refractivity contribution in [2.45, 2.75) is 0 Å². The smallest absolute Gasteiger partial charge is 0.126 e. The molecule has 62 valence electrons. The third kappa shape index (κ3) is 1.39. The summed E-state index contributed by atoms with van der Waals surface area (Å²) in [6, 6.07) is 2.02. The van der Waals surface area contributed by atoms with Crippen LogP contribution in [0.3, 0.4) is 0 Å². The van der Waals surface area contributed by atoms with E-state index in [-0.39, 0.29) is 0 Å². The molecule has 0 aromatic carbocycles. The maximum atomic E-state index is 3.06. The van der Waals surface area contributed by atoms with Gasteiger partial charge in [0.05, 0.1) is 11.9 Å². The first-order valence-corrected chi connectivity index (χ1v) is 3.57. The van der Waals surface area contributed by atoms with Gasteiger partial charge in [-0.05, 0) is 0 Å². The van der Waals surface area contributed by atoms with Gasteiger partial charge in [-0.25, -0.2) is 0 Å². The van der Waals surface area contributed by atoms with Crippen LogP contribution in [0.2, 0.25) is 0 Å². The molecule has 0 spiro atoms. The summed E-state index contributed by atoms with van der Waals surface area (Å²) in [5.41, 5.74) is 4.10. The van der Waals surface area contributed by atoms with Crippen LogP contribution in [0.1, 0.15) is 0 Å². The van der Waals surface area contributed by atoms with E-state index in [4.69, 9.17) is 0 Å². The molecule has 0 aliphatic rings. The fourth-order valence-corrected chi connectivity index (χ4v) is 0.977. The molecule has 1 rings (SSSR count). The lowest BCUT2D eigenvalue weighted by molar-refractivity contribution is 0.942. The molecule has 1 aromatic heterocycles. The van der Waals surface area contributed by atoms with Gasteiger partial charge in [-0.15, -0.1) is 0 Å². The minimum Gasteiger partial charge on any atom is -0.387 e.